The quantitative estimate of drug-likeness (QED) is 0.468. The number of hydrogen-bond donors (Lipinski definition) is 1. The molecule has 1 aliphatic rings. The van der Waals surface area contributed by atoms with Gasteiger partial charge >= 0.3 is 5.97 Å². The first-order valence-corrected chi connectivity index (χ1v) is 12.7. The lowest BCUT2D eigenvalue weighted by Gasteiger charge is -2.35. The molecule has 1 heterocycles. The highest BCUT2D eigenvalue weighted by atomic mass is 32.2. The lowest BCUT2D eigenvalue weighted by molar-refractivity contribution is -0.137. The Hall–Kier alpha value is -3.59. The van der Waals surface area contributed by atoms with Gasteiger partial charge in [0.25, 0.3) is 10.0 Å². The van der Waals surface area contributed by atoms with Crippen LogP contribution in [0.3, 0.4) is 0 Å². The van der Waals surface area contributed by atoms with Gasteiger partial charge in [-0.25, -0.2) is 12.8 Å². The molecule has 0 fully saturated rings. The van der Waals surface area contributed by atoms with Crippen molar-refractivity contribution in [2.75, 3.05) is 17.5 Å². The molecule has 0 radical (unpaired) electrons. The number of halogens is 1. The third-order valence-electron chi connectivity index (χ3n) is 5.72. The average molecular weight is 500 g/mol. The van der Waals surface area contributed by atoms with E-state index in [1.54, 1.807) is 62.4 Å². The largest absolute Gasteiger partial charge is 0.491 e. The van der Waals surface area contributed by atoms with Gasteiger partial charge in [0, 0.05) is 12.0 Å². The third-order valence-corrected chi connectivity index (χ3v) is 7.50. The molecule has 0 bridgehead atoms. The third kappa shape index (κ3) is 5.09. The van der Waals surface area contributed by atoms with Crippen LogP contribution in [0.4, 0.5) is 10.1 Å². The number of carbonyl (C=O) groups is 1. The molecule has 0 saturated carbocycles. The Kier molecular flexibility index (Phi) is 6.98. The highest BCUT2D eigenvalue weighted by molar-refractivity contribution is 7.92. The van der Waals surface area contributed by atoms with E-state index in [9.17, 15) is 13.2 Å². The van der Waals surface area contributed by atoms with Crippen molar-refractivity contribution in [3.8, 4) is 22.6 Å². The number of ether oxygens (including phenoxy) is 2. The number of nitrogens with zero attached hydrogens (tertiary/aromatic N) is 1. The molecular formula is C26H26FNO6S. The summed E-state index contributed by atoms with van der Waals surface area (Å²) in [5, 5.41) is 9.09. The van der Waals surface area contributed by atoms with E-state index in [0.717, 1.165) is 5.56 Å². The normalized spacial score (nSPS) is 15.3. The van der Waals surface area contributed by atoms with E-state index < -0.39 is 27.9 Å². The summed E-state index contributed by atoms with van der Waals surface area (Å²) in [4.78, 5) is 11.2. The topological polar surface area (TPSA) is 93.1 Å². The molecule has 3 aromatic rings. The zero-order chi connectivity index (χ0) is 25.2. The minimum absolute atomic E-state index is 0.0680. The molecule has 0 amide bonds. The number of rotatable bonds is 8. The maximum atomic E-state index is 15.1. The fourth-order valence-electron chi connectivity index (χ4n) is 4.05. The minimum atomic E-state index is -4.01. The Balaban J connectivity index is 1.81. The summed E-state index contributed by atoms with van der Waals surface area (Å²) in [5.74, 6) is -1.14. The zero-order valence-electron chi connectivity index (χ0n) is 19.4. The van der Waals surface area contributed by atoms with Gasteiger partial charge in [0.1, 0.15) is 11.9 Å². The van der Waals surface area contributed by atoms with Gasteiger partial charge in [0.15, 0.2) is 11.6 Å². The van der Waals surface area contributed by atoms with Crippen molar-refractivity contribution in [2.24, 2.45) is 0 Å². The lowest BCUT2D eigenvalue weighted by atomic mass is 10.0. The second-order valence-corrected chi connectivity index (χ2v) is 10.1. The van der Waals surface area contributed by atoms with Gasteiger partial charge in [0.2, 0.25) is 0 Å². The van der Waals surface area contributed by atoms with E-state index in [4.69, 9.17) is 14.6 Å². The lowest BCUT2D eigenvalue weighted by Crippen LogP contribution is -2.43. The van der Waals surface area contributed by atoms with Crippen LogP contribution in [0.5, 0.6) is 11.5 Å². The van der Waals surface area contributed by atoms with Crippen LogP contribution in [0.1, 0.15) is 25.3 Å². The fraction of sp³-hybridized carbons (Fsp3) is 0.269. The number of aliphatic carboxylic acids is 1. The minimum Gasteiger partial charge on any atom is -0.491 e. The maximum Gasteiger partial charge on any atom is 0.303 e. The summed E-state index contributed by atoms with van der Waals surface area (Å²) in [5.41, 5.74) is 1.77. The average Bonchev–Trinajstić information content (AvgIpc) is 2.83. The number of anilines is 1. The molecule has 1 N–H and O–H groups in total. The van der Waals surface area contributed by atoms with Crippen molar-refractivity contribution in [3.05, 3.63) is 72.0 Å². The van der Waals surface area contributed by atoms with Gasteiger partial charge in [0.05, 0.1) is 23.7 Å². The molecule has 0 unspecified atom stereocenters. The molecule has 0 spiro atoms. The van der Waals surface area contributed by atoms with E-state index in [0.29, 0.717) is 12.2 Å². The maximum absolute atomic E-state index is 15.1. The number of fused-ring (bicyclic) bond motifs is 1. The van der Waals surface area contributed by atoms with Crippen molar-refractivity contribution < 1.29 is 32.2 Å². The standard InChI is InChI=1S/C26H26FNO6S/c1-3-33-24-9-5-8-21(26(24)27)18-10-12-23-22(15-18)28(16-19(34-23)11-13-25(29)30)35(31,32)20-7-4-6-17(2)14-20/h4-10,12,14-15,19H,3,11,13,16H2,1-2H3,(H,29,30)/t19-/m0/s1. The second-order valence-electron chi connectivity index (χ2n) is 8.26. The fourth-order valence-corrected chi connectivity index (χ4v) is 5.65. The van der Waals surface area contributed by atoms with E-state index in [2.05, 4.69) is 0 Å². The summed E-state index contributed by atoms with van der Waals surface area (Å²) in [6.45, 7) is 3.80. The van der Waals surface area contributed by atoms with Crippen molar-refractivity contribution >= 4 is 21.7 Å². The van der Waals surface area contributed by atoms with Crippen LogP contribution in [0.25, 0.3) is 11.1 Å². The van der Waals surface area contributed by atoms with Crippen molar-refractivity contribution in [2.45, 2.75) is 37.7 Å². The van der Waals surface area contributed by atoms with Crippen LogP contribution < -0.4 is 13.8 Å². The highest BCUT2D eigenvalue weighted by Gasteiger charge is 2.35. The summed E-state index contributed by atoms with van der Waals surface area (Å²) in [6, 6.07) is 16.2. The Morgan fingerprint density at radius 1 is 1.17 bits per heavy atom. The first kappa shape index (κ1) is 24.5. The number of aryl methyl sites for hydroxylation is 1. The molecule has 184 valence electrons. The predicted octanol–water partition coefficient (Wildman–Crippen LogP) is 5.02. The Labute approximate surface area is 203 Å². The van der Waals surface area contributed by atoms with E-state index in [1.165, 1.54) is 16.4 Å². The Bertz CT molecular complexity index is 1360. The summed E-state index contributed by atoms with van der Waals surface area (Å²) in [6.07, 6.45) is -0.671. The van der Waals surface area contributed by atoms with Crippen molar-refractivity contribution in [3.63, 3.8) is 0 Å². The molecule has 3 aromatic carbocycles. The second kappa shape index (κ2) is 9.95. The molecule has 0 aromatic heterocycles. The Morgan fingerprint density at radius 3 is 2.66 bits per heavy atom. The molecular weight excluding hydrogens is 473 g/mol. The molecule has 0 aliphatic carbocycles. The van der Waals surface area contributed by atoms with Gasteiger partial charge in [-0.1, -0.05) is 30.3 Å². The van der Waals surface area contributed by atoms with Gasteiger partial charge in [-0.3, -0.25) is 9.10 Å². The van der Waals surface area contributed by atoms with E-state index in [1.807, 2.05) is 0 Å². The van der Waals surface area contributed by atoms with Crippen LogP contribution in [0.2, 0.25) is 0 Å². The number of sulfonamides is 1. The van der Waals surface area contributed by atoms with E-state index >= 15 is 4.39 Å². The monoisotopic (exact) mass is 499 g/mol. The van der Waals surface area contributed by atoms with Crippen LogP contribution in [-0.4, -0.2) is 38.7 Å². The number of carboxylic acids is 1. The molecule has 35 heavy (non-hydrogen) atoms. The van der Waals surface area contributed by atoms with Gasteiger partial charge in [-0.15, -0.1) is 0 Å². The summed E-state index contributed by atoms with van der Waals surface area (Å²) < 4.78 is 55.1. The van der Waals surface area contributed by atoms with Crippen LogP contribution in [0.15, 0.2) is 65.6 Å². The highest BCUT2D eigenvalue weighted by Crippen LogP contribution is 2.41. The molecule has 4 rings (SSSR count). The smallest absolute Gasteiger partial charge is 0.303 e. The van der Waals surface area contributed by atoms with Crippen LogP contribution in [-0.2, 0) is 14.8 Å². The molecule has 7 nitrogen and oxygen atoms in total. The molecule has 9 heteroatoms. The van der Waals surface area contributed by atoms with E-state index in [-0.39, 0.29) is 47.0 Å². The predicted molar refractivity (Wildman–Crippen MR) is 130 cm³/mol. The van der Waals surface area contributed by atoms with Gasteiger partial charge < -0.3 is 14.6 Å². The van der Waals surface area contributed by atoms with Crippen molar-refractivity contribution in [1.82, 2.24) is 0 Å². The molecule has 1 atom stereocenters. The molecule has 1 aliphatic heterocycles. The SMILES string of the molecule is CCOc1cccc(-c2ccc3c(c2)N(S(=O)(=O)c2cccc(C)c2)C[C@H](CCC(=O)O)O3)c1F. The van der Waals surface area contributed by atoms with Gasteiger partial charge in [-0.2, -0.15) is 0 Å². The zero-order valence-corrected chi connectivity index (χ0v) is 20.2. The number of carboxylic acid groups (broad SMARTS) is 1. The molecule has 0 saturated heterocycles. The van der Waals surface area contributed by atoms with Gasteiger partial charge in [-0.05, 0) is 61.7 Å². The summed E-state index contributed by atoms with van der Waals surface area (Å²) >= 11 is 0. The van der Waals surface area contributed by atoms with Crippen molar-refractivity contribution in [1.29, 1.82) is 0 Å². The summed E-state index contributed by atoms with van der Waals surface area (Å²) in [7, 11) is -4.01. The number of benzene rings is 3. The first-order chi connectivity index (χ1) is 16.7. The van der Waals surface area contributed by atoms with Crippen LogP contribution >= 0.6 is 0 Å². The first-order valence-electron chi connectivity index (χ1n) is 11.2. The number of hydrogen-bond acceptors (Lipinski definition) is 5. The van der Waals surface area contributed by atoms with Crippen LogP contribution in [0, 0.1) is 12.7 Å². The Morgan fingerprint density at radius 2 is 1.94 bits per heavy atom.